The van der Waals surface area contributed by atoms with E-state index in [9.17, 15) is 4.39 Å². The molecule has 1 unspecified atom stereocenters. The van der Waals surface area contributed by atoms with Crippen LogP contribution in [0.1, 0.15) is 19.4 Å². The molecular formula is C14H20ClFN2. The van der Waals surface area contributed by atoms with Crippen LogP contribution in [0.15, 0.2) is 18.2 Å². The van der Waals surface area contributed by atoms with Crippen LogP contribution < -0.4 is 5.32 Å². The lowest BCUT2D eigenvalue weighted by molar-refractivity contribution is 0.167. The molecule has 1 aliphatic heterocycles. The van der Waals surface area contributed by atoms with Crippen LogP contribution >= 0.6 is 11.6 Å². The number of hydrogen-bond donors (Lipinski definition) is 1. The maximum absolute atomic E-state index is 13.7. The SMILES string of the molecule is CC(C)C1CN(Cc2ccc(Cl)cc2F)CCN1. The monoisotopic (exact) mass is 270 g/mol. The summed E-state index contributed by atoms with van der Waals surface area (Å²) in [6.07, 6.45) is 0. The van der Waals surface area contributed by atoms with Gasteiger partial charge in [0.25, 0.3) is 0 Å². The predicted molar refractivity (Wildman–Crippen MR) is 73.3 cm³/mol. The molecule has 0 amide bonds. The second-order valence-corrected chi connectivity index (χ2v) is 5.71. The molecule has 0 bridgehead atoms. The van der Waals surface area contributed by atoms with Crippen LogP contribution in [0.25, 0.3) is 0 Å². The van der Waals surface area contributed by atoms with E-state index in [4.69, 9.17) is 11.6 Å². The van der Waals surface area contributed by atoms with E-state index in [2.05, 4.69) is 24.1 Å². The topological polar surface area (TPSA) is 15.3 Å². The summed E-state index contributed by atoms with van der Waals surface area (Å²) in [4.78, 5) is 2.30. The highest BCUT2D eigenvalue weighted by molar-refractivity contribution is 6.30. The Morgan fingerprint density at radius 3 is 2.94 bits per heavy atom. The third-order valence-corrected chi connectivity index (χ3v) is 3.74. The first-order valence-corrected chi connectivity index (χ1v) is 6.83. The minimum Gasteiger partial charge on any atom is -0.311 e. The van der Waals surface area contributed by atoms with E-state index in [-0.39, 0.29) is 5.82 Å². The summed E-state index contributed by atoms with van der Waals surface area (Å²) in [5.74, 6) is 0.394. The summed E-state index contributed by atoms with van der Waals surface area (Å²) < 4.78 is 13.7. The highest BCUT2D eigenvalue weighted by Gasteiger charge is 2.22. The van der Waals surface area contributed by atoms with Gasteiger partial charge in [-0.2, -0.15) is 0 Å². The lowest BCUT2D eigenvalue weighted by Gasteiger charge is -2.35. The Balaban J connectivity index is 2.00. The quantitative estimate of drug-likeness (QED) is 0.909. The van der Waals surface area contributed by atoms with E-state index in [1.165, 1.54) is 6.07 Å². The van der Waals surface area contributed by atoms with Crippen molar-refractivity contribution in [2.45, 2.75) is 26.4 Å². The molecule has 0 aromatic heterocycles. The number of rotatable bonds is 3. The second kappa shape index (κ2) is 6.00. The van der Waals surface area contributed by atoms with Crippen molar-refractivity contribution in [1.82, 2.24) is 10.2 Å². The number of hydrogen-bond acceptors (Lipinski definition) is 2. The summed E-state index contributed by atoms with van der Waals surface area (Å²) in [7, 11) is 0. The van der Waals surface area contributed by atoms with Gasteiger partial charge in [-0.25, -0.2) is 4.39 Å². The van der Waals surface area contributed by atoms with E-state index in [0.717, 1.165) is 25.2 Å². The Morgan fingerprint density at radius 1 is 1.50 bits per heavy atom. The smallest absolute Gasteiger partial charge is 0.129 e. The van der Waals surface area contributed by atoms with Crippen LogP contribution in [0.2, 0.25) is 5.02 Å². The molecule has 1 saturated heterocycles. The third-order valence-electron chi connectivity index (χ3n) is 3.50. The highest BCUT2D eigenvalue weighted by Crippen LogP contribution is 2.17. The van der Waals surface area contributed by atoms with Gasteiger partial charge in [-0.05, 0) is 18.1 Å². The average molecular weight is 271 g/mol. The van der Waals surface area contributed by atoms with Crippen molar-refractivity contribution in [3.05, 3.63) is 34.6 Å². The fraction of sp³-hybridized carbons (Fsp3) is 0.571. The molecule has 100 valence electrons. The van der Waals surface area contributed by atoms with Crippen molar-refractivity contribution in [1.29, 1.82) is 0 Å². The van der Waals surface area contributed by atoms with Crippen LogP contribution in [0, 0.1) is 11.7 Å². The first-order chi connectivity index (χ1) is 8.56. The van der Waals surface area contributed by atoms with Gasteiger partial charge in [0.15, 0.2) is 0 Å². The summed E-state index contributed by atoms with van der Waals surface area (Å²) in [5, 5.41) is 3.96. The molecule has 0 saturated carbocycles. The van der Waals surface area contributed by atoms with E-state index < -0.39 is 0 Å². The van der Waals surface area contributed by atoms with Crippen LogP contribution in [-0.4, -0.2) is 30.6 Å². The number of halogens is 2. The molecule has 1 fully saturated rings. The standard InChI is InChI=1S/C14H20ClFN2/c1-10(2)14-9-18(6-5-17-14)8-11-3-4-12(15)7-13(11)16/h3-4,7,10,14,17H,5-6,8-9H2,1-2H3. The van der Waals surface area contributed by atoms with Crippen LogP contribution in [0.3, 0.4) is 0 Å². The first-order valence-electron chi connectivity index (χ1n) is 6.46. The van der Waals surface area contributed by atoms with Gasteiger partial charge in [0.2, 0.25) is 0 Å². The van der Waals surface area contributed by atoms with Crippen molar-refractivity contribution >= 4 is 11.6 Å². The fourth-order valence-corrected chi connectivity index (χ4v) is 2.48. The minimum absolute atomic E-state index is 0.206. The van der Waals surface area contributed by atoms with Gasteiger partial charge in [-0.1, -0.05) is 31.5 Å². The van der Waals surface area contributed by atoms with E-state index in [0.29, 0.717) is 23.5 Å². The number of nitrogens with one attached hydrogen (secondary N) is 1. The molecule has 1 aliphatic rings. The van der Waals surface area contributed by atoms with E-state index >= 15 is 0 Å². The zero-order valence-corrected chi connectivity index (χ0v) is 11.7. The van der Waals surface area contributed by atoms with Gasteiger partial charge in [0.05, 0.1) is 0 Å². The lowest BCUT2D eigenvalue weighted by Crippen LogP contribution is -2.52. The van der Waals surface area contributed by atoms with Gasteiger partial charge in [0.1, 0.15) is 5.82 Å². The van der Waals surface area contributed by atoms with Crippen LogP contribution in [0.4, 0.5) is 4.39 Å². The summed E-state index contributed by atoms with van der Waals surface area (Å²) in [6, 6.07) is 5.42. The Hall–Kier alpha value is -0.640. The minimum atomic E-state index is -0.206. The third kappa shape index (κ3) is 3.44. The van der Waals surface area contributed by atoms with Gasteiger partial charge in [0, 0.05) is 42.8 Å². The fourth-order valence-electron chi connectivity index (χ4n) is 2.32. The van der Waals surface area contributed by atoms with Gasteiger partial charge >= 0.3 is 0 Å². The Kier molecular flexibility index (Phi) is 4.60. The summed E-state index contributed by atoms with van der Waals surface area (Å²) in [5.41, 5.74) is 0.726. The Morgan fingerprint density at radius 2 is 2.28 bits per heavy atom. The largest absolute Gasteiger partial charge is 0.311 e. The molecule has 0 spiro atoms. The van der Waals surface area contributed by atoms with Crippen molar-refractivity contribution in [2.24, 2.45) is 5.92 Å². The van der Waals surface area contributed by atoms with Crippen molar-refractivity contribution in [3.63, 3.8) is 0 Å². The maximum Gasteiger partial charge on any atom is 0.129 e. The molecule has 18 heavy (non-hydrogen) atoms. The van der Waals surface area contributed by atoms with E-state index in [1.807, 2.05) is 0 Å². The number of piperazine rings is 1. The molecule has 1 aromatic rings. The zero-order chi connectivity index (χ0) is 13.1. The van der Waals surface area contributed by atoms with Crippen molar-refractivity contribution in [2.75, 3.05) is 19.6 Å². The molecule has 2 rings (SSSR count). The zero-order valence-electron chi connectivity index (χ0n) is 10.9. The molecule has 0 aliphatic carbocycles. The predicted octanol–water partition coefficient (Wildman–Crippen LogP) is 2.91. The molecule has 2 nitrogen and oxygen atoms in total. The first kappa shape index (κ1) is 13.8. The van der Waals surface area contributed by atoms with Crippen LogP contribution in [-0.2, 0) is 6.54 Å². The summed E-state index contributed by atoms with van der Waals surface area (Å²) in [6.45, 7) is 7.99. The average Bonchev–Trinajstić information content (AvgIpc) is 2.33. The van der Waals surface area contributed by atoms with Gasteiger partial charge < -0.3 is 5.32 Å². The van der Waals surface area contributed by atoms with Crippen molar-refractivity contribution in [3.8, 4) is 0 Å². The number of nitrogens with zero attached hydrogens (tertiary/aromatic N) is 1. The van der Waals surface area contributed by atoms with E-state index in [1.54, 1.807) is 12.1 Å². The Bertz CT molecular complexity index is 409. The molecule has 1 atom stereocenters. The lowest BCUT2D eigenvalue weighted by atomic mass is 10.0. The summed E-state index contributed by atoms with van der Waals surface area (Å²) >= 11 is 5.76. The molecule has 1 aromatic carbocycles. The van der Waals surface area contributed by atoms with Crippen LogP contribution in [0.5, 0.6) is 0 Å². The Labute approximate surface area is 113 Å². The number of benzene rings is 1. The molecular weight excluding hydrogens is 251 g/mol. The maximum atomic E-state index is 13.7. The van der Waals surface area contributed by atoms with Gasteiger partial charge in [-0.3, -0.25) is 4.90 Å². The normalized spacial score (nSPS) is 21.5. The second-order valence-electron chi connectivity index (χ2n) is 5.28. The van der Waals surface area contributed by atoms with Crippen molar-refractivity contribution < 1.29 is 4.39 Å². The molecule has 1 N–H and O–H groups in total. The highest BCUT2D eigenvalue weighted by atomic mass is 35.5. The molecule has 0 radical (unpaired) electrons. The van der Waals surface area contributed by atoms with Gasteiger partial charge in [-0.15, -0.1) is 0 Å². The molecule has 4 heteroatoms. The molecule has 1 heterocycles.